The third-order valence-corrected chi connectivity index (χ3v) is 6.44. The maximum absolute atomic E-state index is 13.4. The number of hydrogen-bond donors (Lipinski definition) is 2. The molecule has 8 heteroatoms. The first kappa shape index (κ1) is 25.3. The van der Waals surface area contributed by atoms with Crippen LogP contribution < -0.4 is 10.1 Å². The van der Waals surface area contributed by atoms with Gasteiger partial charge in [-0.15, -0.1) is 0 Å². The molecule has 1 aliphatic heterocycles. The summed E-state index contributed by atoms with van der Waals surface area (Å²) in [5.41, 5.74) is 2.86. The molecule has 0 fully saturated rings. The van der Waals surface area contributed by atoms with Crippen LogP contribution in [0.15, 0.2) is 39.1 Å². The minimum absolute atomic E-state index is 0.0112. The molecule has 0 spiro atoms. The topological polar surface area (TPSA) is 94.1 Å². The zero-order chi connectivity index (χ0) is 24.5. The Hall–Kier alpha value is -2.32. The molecule has 180 valence electrons. The fourth-order valence-corrected chi connectivity index (χ4v) is 4.91. The van der Waals surface area contributed by atoms with Gasteiger partial charge in [-0.05, 0) is 66.2 Å². The lowest BCUT2D eigenvalue weighted by atomic mass is 9.68. The zero-order valence-electron chi connectivity index (χ0n) is 20.0. The Morgan fingerprint density at radius 1 is 1.27 bits per heavy atom. The lowest BCUT2D eigenvalue weighted by Gasteiger charge is -2.39. The highest BCUT2D eigenvalue weighted by atomic mass is 79.9. The summed E-state index contributed by atoms with van der Waals surface area (Å²) in [6.07, 6.45) is 1.10. The number of allylic oxidation sites excluding steroid dienone is 3. The predicted octanol–water partition coefficient (Wildman–Crippen LogP) is 4.74. The molecule has 3 rings (SSSR count). The molecule has 2 N–H and O–H groups in total. The van der Waals surface area contributed by atoms with E-state index in [0.717, 1.165) is 5.70 Å². The molecule has 1 atom stereocenters. The Bertz CT molecular complexity index is 1020. The van der Waals surface area contributed by atoms with Gasteiger partial charge in [0, 0.05) is 29.3 Å². The minimum Gasteiger partial charge on any atom is -0.503 e. The van der Waals surface area contributed by atoms with E-state index in [0.29, 0.717) is 39.7 Å². The lowest BCUT2D eigenvalue weighted by Crippen LogP contribution is -2.38. The summed E-state index contributed by atoms with van der Waals surface area (Å²) < 4.78 is 16.8. The number of hydrogen-bond acceptors (Lipinski definition) is 7. The standard InChI is InChI=1S/C25H32BrNO6/c1-13(2)32-7-8-33-24(30)20-14(3)27-17-11-25(4,5)12-18(28)22(17)21(20)15-9-16(26)23(29)19(10-15)31-6/h9-10,13,21,27,29H,7-8,11-12H2,1-6H3/t21-/m1/s1. The van der Waals surface area contributed by atoms with E-state index in [1.807, 2.05) is 20.8 Å². The van der Waals surface area contributed by atoms with Gasteiger partial charge in [0.2, 0.25) is 0 Å². The molecule has 0 unspecified atom stereocenters. The van der Waals surface area contributed by atoms with Crippen LogP contribution in [0, 0.1) is 5.41 Å². The number of carbonyl (C=O) groups excluding carboxylic acids is 2. The second kappa shape index (κ2) is 9.89. The number of phenols is 1. The van der Waals surface area contributed by atoms with Gasteiger partial charge in [-0.2, -0.15) is 0 Å². The molecule has 1 heterocycles. The van der Waals surface area contributed by atoms with Crippen LogP contribution in [0.5, 0.6) is 11.5 Å². The summed E-state index contributed by atoms with van der Waals surface area (Å²) in [6.45, 7) is 10.2. The first-order valence-corrected chi connectivity index (χ1v) is 11.8. The number of ether oxygens (including phenoxy) is 3. The van der Waals surface area contributed by atoms with Crippen molar-refractivity contribution in [3.63, 3.8) is 0 Å². The SMILES string of the molecule is COc1cc([C@@H]2C(C(=O)OCCOC(C)C)=C(C)NC3=C2C(=O)CC(C)(C)C3)cc(Br)c1O. The Morgan fingerprint density at radius 2 is 1.97 bits per heavy atom. The first-order chi connectivity index (χ1) is 15.4. The van der Waals surface area contributed by atoms with Crippen LogP contribution in [-0.4, -0.2) is 43.3 Å². The molecule has 33 heavy (non-hydrogen) atoms. The van der Waals surface area contributed by atoms with E-state index in [2.05, 4.69) is 35.1 Å². The number of esters is 1. The van der Waals surface area contributed by atoms with Crippen molar-refractivity contribution in [2.45, 2.75) is 59.5 Å². The Morgan fingerprint density at radius 3 is 2.61 bits per heavy atom. The van der Waals surface area contributed by atoms with Crippen molar-refractivity contribution >= 4 is 27.7 Å². The molecular formula is C25H32BrNO6. The summed E-state index contributed by atoms with van der Waals surface area (Å²) in [4.78, 5) is 26.6. The van der Waals surface area contributed by atoms with Crippen LogP contribution in [0.4, 0.5) is 0 Å². The predicted molar refractivity (Wildman–Crippen MR) is 128 cm³/mol. The van der Waals surface area contributed by atoms with E-state index in [9.17, 15) is 14.7 Å². The maximum Gasteiger partial charge on any atom is 0.336 e. The minimum atomic E-state index is -0.644. The van der Waals surface area contributed by atoms with E-state index in [1.165, 1.54) is 7.11 Å². The molecule has 1 aliphatic carbocycles. The normalized spacial score (nSPS) is 20.0. The molecule has 1 aromatic carbocycles. The summed E-state index contributed by atoms with van der Waals surface area (Å²) in [5.74, 6) is -0.961. The molecule has 7 nitrogen and oxygen atoms in total. The highest BCUT2D eigenvalue weighted by Crippen LogP contribution is 2.48. The molecule has 0 bridgehead atoms. The van der Waals surface area contributed by atoms with Crippen molar-refractivity contribution in [1.82, 2.24) is 5.32 Å². The average Bonchev–Trinajstić information content (AvgIpc) is 2.70. The van der Waals surface area contributed by atoms with Crippen LogP contribution in [0.2, 0.25) is 0 Å². The summed E-state index contributed by atoms with van der Waals surface area (Å²) in [6, 6.07) is 3.38. The van der Waals surface area contributed by atoms with Crippen molar-refractivity contribution in [3.05, 3.63) is 44.7 Å². The van der Waals surface area contributed by atoms with Gasteiger partial charge in [0.1, 0.15) is 6.61 Å². The third-order valence-electron chi connectivity index (χ3n) is 5.83. The molecule has 0 radical (unpaired) electrons. The molecule has 2 aliphatic rings. The number of rotatable bonds is 7. The first-order valence-electron chi connectivity index (χ1n) is 11.0. The average molecular weight is 522 g/mol. The van der Waals surface area contributed by atoms with Gasteiger partial charge in [0.25, 0.3) is 0 Å². The van der Waals surface area contributed by atoms with Crippen molar-refractivity contribution in [3.8, 4) is 11.5 Å². The molecule has 0 amide bonds. The third kappa shape index (κ3) is 5.44. The number of aromatic hydroxyl groups is 1. The van der Waals surface area contributed by atoms with Gasteiger partial charge in [0.15, 0.2) is 17.3 Å². The van der Waals surface area contributed by atoms with Gasteiger partial charge in [-0.25, -0.2) is 4.79 Å². The van der Waals surface area contributed by atoms with E-state index in [1.54, 1.807) is 12.1 Å². The Balaban J connectivity index is 2.08. The number of ketones is 1. The van der Waals surface area contributed by atoms with Crippen LogP contribution in [0.25, 0.3) is 0 Å². The van der Waals surface area contributed by atoms with Crippen molar-refractivity contribution in [2.75, 3.05) is 20.3 Å². The van der Waals surface area contributed by atoms with E-state index in [4.69, 9.17) is 14.2 Å². The van der Waals surface area contributed by atoms with Crippen LogP contribution >= 0.6 is 15.9 Å². The molecule has 0 saturated carbocycles. The number of nitrogens with one attached hydrogen (secondary N) is 1. The number of benzene rings is 1. The lowest BCUT2D eigenvalue weighted by molar-refractivity contribution is -0.141. The molecular weight excluding hydrogens is 490 g/mol. The fourth-order valence-electron chi connectivity index (χ4n) is 4.45. The van der Waals surface area contributed by atoms with E-state index < -0.39 is 11.9 Å². The van der Waals surface area contributed by atoms with Crippen LogP contribution in [0.3, 0.4) is 0 Å². The molecule has 1 aromatic rings. The van der Waals surface area contributed by atoms with Gasteiger partial charge in [-0.3, -0.25) is 4.79 Å². The van der Waals surface area contributed by atoms with Crippen molar-refractivity contribution in [2.24, 2.45) is 5.41 Å². The fraction of sp³-hybridized carbons (Fsp3) is 0.520. The number of methoxy groups -OCH3 is 1. The Labute approximate surface area is 203 Å². The molecule has 0 aromatic heterocycles. The van der Waals surface area contributed by atoms with Crippen LogP contribution in [-0.2, 0) is 19.1 Å². The summed E-state index contributed by atoms with van der Waals surface area (Å²) in [7, 11) is 1.46. The van der Waals surface area contributed by atoms with Crippen LogP contribution in [0.1, 0.15) is 58.9 Å². The highest BCUT2D eigenvalue weighted by Gasteiger charge is 2.43. The van der Waals surface area contributed by atoms with Crippen molar-refractivity contribution in [1.29, 1.82) is 0 Å². The van der Waals surface area contributed by atoms with Crippen molar-refractivity contribution < 1.29 is 28.9 Å². The van der Waals surface area contributed by atoms with E-state index >= 15 is 0 Å². The van der Waals surface area contributed by atoms with Gasteiger partial charge in [-0.1, -0.05) is 13.8 Å². The number of carbonyl (C=O) groups is 2. The molecule has 0 saturated heterocycles. The van der Waals surface area contributed by atoms with Gasteiger partial charge < -0.3 is 24.6 Å². The van der Waals surface area contributed by atoms with E-state index in [-0.39, 0.29) is 42.0 Å². The second-order valence-electron chi connectivity index (χ2n) is 9.54. The van der Waals surface area contributed by atoms with Gasteiger partial charge >= 0.3 is 5.97 Å². The number of halogens is 1. The largest absolute Gasteiger partial charge is 0.503 e. The summed E-state index contributed by atoms with van der Waals surface area (Å²) >= 11 is 3.37. The number of Topliss-reactive ketones (excluding diaryl/α,β-unsaturated/α-hetero) is 1. The smallest absolute Gasteiger partial charge is 0.336 e. The Kier molecular flexibility index (Phi) is 7.59. The maximum atomic E-state index is 13.4. The van der Waals surface area contributed by atoms with Gasteiger partial charge in [0.05, 0.1) is 29.9 Å². The zero-order valence-corrected chi connectivity index (χ0v) is 21.6. The quantitative estimate of drug-likeness (QED) is 0.395. The summed E-state index contributed by atoms with van der Waals surface area (Å²) in [5, 5.41) is 13.6. The number of dihydropyridines is 1. The number of phenolic OH excluding ortho intramolecular Hbond substituents is 1. The monoisotopic (exact) mass is 521 g/mol. The second-order valence-corrected chi connectivity index (χ2v) is 10.4. The highest BCUT2D eigenvalue weighted by molar-refractivity contribution is 9.10.